The fraction of sp³-hybridized carbons (Fsp3) is 0.389. The lowest BCUT2D eigenvalue weighted by Crippen LogP contribution is -2.35. The number of nitrogens with zero attached hydrogens (tertiary/aromatic N) is 1. The maximum atomic E-state index is 12.2. The van der Waals surface area contributed by atoms with Crippen LogP contribution in [0.4, 0.5) is 0 Å². The lowest BCUT2D eigenvalue weighted by Gasteiger charge is -2.29. The molecule has 24 heavy (non-hydrogen) atoms. The maximum absolute atomic E-state index is 12.2. The number of aromatic amines is 1. The first-order chi connectivity index (χ1) is 11.6. The molecule has 124 valence electrons. The van der Waals surface area contributed by atoms with E-state index in [9.17, 15) is 14.9 Å². The van der Waals surface area contributed by atoms with Crippen LogP contribution >= 0.6 is 0 Å². The number of carbonyl (C=O) groups is 1. The second-order valence-corrected chi connectivity index (χ2v) is 6.16. The summed E-state index contributed by atoms with van der Waals surface area (Å²) in [7, 11) is 0. The van der Waals surface area contributed by atoms with Gasteiger partial charge < -0.3 is 15.0 Å². The van der Waals surface area contributed by atoms with E-state index in [4.69, 9.17) is 4.74 Å². The number of aromatic nitrogens is 1. The number of nitrogens with one attached hydrogen (secondary N) is 2. The molecule has 0 bridgehead atoms. The molecule has 1 saturated heterocycles. The normalized spacial score (nSPS) is 16.5. The lowest BCUT2D eigenvalue weighted by molar-refractivity contribution is -0.124. The number of benzene rings is 1. The number of para-hydroxylation sites is 1. The number of carbonyl (C=O) groups excluding carboxylic acids is 1. The topological polar surface area (TPSA) is 95.0 Å². The molecule has 1 aromatic heterocycles. The van der Waals surface area contributed by atoms with Crippen LogP contribution in [0.5, 0.6) is 0 Å². The van der Waals surface area contributed by atoms with Crippen molar-refractivity contribution in [2.24, 2.45) is 5.41 Å². The number of ether oxygens (including phenoxy) is 1. The fourth-order valence-corrected chi connectivity index (χ4v) is 3.00. The lowest BCUT2D eigenvalue weighted by atomic mass is 9.78. The summed E-state index contributed by atoms with van der Waals surface area (Å²) in [6, 6.07) is 11.0. The van der Waals surface area contributed by atoms with E-state index in [0.717, 1.165) is 5.52 Å². The molecule has 6 nitrogen and oxygen atoms in total. The third-order valence-electron chi connectivity index (χ3n) is 4.46. The number of fused-ring (bicyclic) bond motifs is 1. The van der Waals surface area contributed by atoms with Crippen molar-refractivity contribution in [3.8, 4) is 6.07 Å². The highest BCUT2D eigenvalue weighted by molar-refractivity contribution is 5.79. The number of H-pyrrole nitrogens is 1. The van der Waals surface area contributed by atoms with Crippen LogP contribution in [0.1, 0.15) is 25.0 Å². The first kappa shape index (κ1) is 16.2. The number of nitriles is 1. The molecule has 0 saturated carbocycles. The second kappa shape index (κ2) is 6.85. The quantitative estimate of drug-likeness (QED) is 0.897. The van der Waals surface area contributed by atoms with Crippen LogP contribution in [0.2, 0.25) is 0 Å². The highest BCUT2D eigenvalue weighted by atomic mass is 16.5. The largest absolute Gasteiger partial charge is 0.381 e. The Labute approximate surface area is 139 Å². The molecule has 2 N–H and O–H groups in total. The van der Waals surface area contributed by atoms with Crippen LogP contribution in [-0.4, -0.2) is 24.1 Å². The first-order valence-corrected chi connectivity index (χ1v) is 7.99. The average molecular weight is 325 g/mol. The van der Waals surface area contributed by atoms with E-state index in [1.165, 1.54) is 6.07 Å². The van der Waals surface area contributed by atoms with E-state index in [0.29, 0.717) is 37.1 Å². The van der Waals surface area contributed by atoms with Crippen LogP contribution in [0.25, 0.3) is 10.9 Å². The third-order valence-corrected chi connectivity index (χ3v) is 4.46. The predicted octanol–water partition coefficient (Wildman–Crippen LogP) is 1.85. The van der Waals surface area contributed by atoms with Gasteiger partial charge >= 0.3 is 0 Å². The van der Waals surface area contributed by atoms with Gasteiger partial charge in [-0.15, -0.1) is 0 Å². The molecule has 1 aromatic carbocycles. The van der Waals surface area contributed by atoms with Gasteiger partial charge in [-0.25, -0.2) is 0 Å². The molecule has 3 rings (SSSR count). The van der Waals surface area contributed by atoms with E-state index in [2.05, 4.69) is 16.4 Å². The van der Waals surface area contributed by atoms with Crippen molar-refractivity contribution in [1.82, 2.24) is 10.3 Å². The number of rotatable bonds is 4. The molecule has 0 spiro atoms. The predicted molar refractivity (Wildman–Crippen MR) is 89.1 cm³/mol. The summed E-state index contributed by atoms with van der Waals surface area (Å²) < 4.78 is 5.27. The Kier molecular flexibility index (Phi) is 4.63. The highest BCUT2D eigenvalue weighted by Crippen LogP contribution is 2.33. The molecule has 0 unspecified atom stereocenters. The molecule has 2 heterocycles. The van der Waals surface area contributed by atoms with Crippen molar-refractivity contribution in [1.29, 1.82) is 5.26 Å². The van der Waals surface area contributed by atoms with Gasteiger partial charge in [-0.05, 0) is 25.0 Å². The third kappa shape index (κ3) is 3.47. The zero-order valence-electron chi connectivity index (χ0n) is 13.3. The van der Waals surface area contributed by atoms with Gasteiger partial charge in [0.1, 0.15) is 0 Å². The van der Waals surface area contributed by atoms with Gasteiger partial charge in [0.15, 0.2) is 5.43 Å². The number of hydrogen-bond acceptors (Lipinski definition) is 4. The van der Waals surface area contributed by atoms with E-state index in [1.54, 1.807) is 6.07 Å². The summed E-state index contributed by atoms with van der Waals surface area (Å²) in [5.74, 6) is -0.188. The summed E-state index contributed by atoms with van der Waals surface area (Å²) in [6.45, 7) is 1.26. The molecule has 0 aliphatic carbocycles. The molecule has 6 heteroatoms. The van der Waals surface area contributed by atoms with Crippen LogP contribution in [-0.2, 0) is 16.1 Å². The zero-order chi connectivity index (χ0) is 17.0. The molecule has 2 aromatic rings. The van der Waals surface area contributed by atoms with E-state index in [1.807, 2.05) is 18.2 Å². The van der Waals surface area contributed by atoms with Gasteiger partial charge in [-0.3, -0.25) is 9.59 Å². The number of amides is 1. The summed E-state index contributed by atoms with van der Waals surface area (Å²) in [5, 5.41) is 12.8. The second-order valence-electron chi connectivity index (χ2n) is 6.16. The van der Waals surface area contributed by atoms with Gasteiger partial charge in [-0.1, -0.05) is 12.1 Å². The minimum atomic E-state index is -0.640. The first-order valence-electron chi connectivity index (χ1n) is 7.99. The fourth-order valence-electron chi connectivity index (χ4n) is 3.00. The van der Waals surface area contributed by atoms with Crippen molar-refractivity contribution >= 4 is 16.8 Å². The molecule has 1 aliphatic rings. The number of pyridine rings is 1. The minimum absolute atomic E-state index is 0.0773. The SMILES string of the molecule is N#CC1(CC(=O)NCc2cc(=O)c3ccccc3[nH]2)CCOCC1. The van der Waals surface area contributed by atoms with Crippen molar-refractivity contribution < 1.29 is 9.53 Å². The van der Waals surface area contributed by atoms with Crippen LogP contribution in [0.3, 0.4) is 0 Å². The summed E-state index contributed by atoms with van der Waals surface area (Å²) in [4.78, 5) is 27.4. The van der Waals surface area contributed by atoms with Crippen LogP contribution in [0.15, 0.2) is 35.1 Å². The molecule has 1 amide bonds. The summed E-state index contributed by atoms with van der Waals surface area (Å²) in [6.07, 6.45) is 1.30. The van der Waals surface area contributed by atoms with Crippen LogP contribution in [0, 0.1) is 16.7 Å². The Morgan fingerprint density at radius 3 is 2.83 bits per heavy atom. The van der Waals surface area contributed by atoms with Crippen molar-refractivity contribution in [3.05, 3.63) is 46.2 Å². The van der Waals surface area contributed by atoms with Gasteiger partial charge in [-0.2, -0.15) is 5.26 Å². The maximum Gasteiger partial charge on any atom is 0.221 e. The Balaban J connectivity index is 1.66. The van der Waals surface area contributed by atoms with Crippen molar-refractivity contribution in [3.63, 3.8) is 0 Å². The van der Waals surface area contributed by atoms with Gasteiger partial charge in [0.05, 0.1) is 18.0 Å². The number of hydrogen-bond donors (Lipinski definition) is 2. The smallest absolute Gasteiger partial charge is 0.221 e. The van der Waals surface area contributed by atoms with Crippen molar-refractivity contribution in [2.45, 2.75) is 25.8 Å². The molecular weight excluding hydrogens is 306 g/mol. The van der Waals surface area contributed by atoms with Crippen molar-refractivity contribution in [2.75, 3.05) is 13.2 Å². The summed E-state index contributed by atoms with van der Waals surface area (Å²) in [5.41, 5.74) is 0.669. The van der Waals surface area contributed by atoms with Crippen LogP contribution < -0.4 is 10.7 Å². The average Bonchev–Trinajstić information content (AvgIpc) is 2.61. The van der Waals surface area contributed by atoms with E-state index >= 15 is 0 Å². The summed E-state index contributed by atoms with van der Waals surface area (Å²) >= 11 is 0. The molecule has 1 fully saturated rings. The molecular formula is C18H19N3O3. The van der Waals surface area contributed by atoms with Gasteiger partial charge in [0.2, 0.25) is 5.91 Å². The standard InChI is InChI=1S/C18H19N3O3/c19-12-18(5-7-24-8-6-18)10-17(23)20-11-13-9-16(22)14-3-1-2-4-15(14)21-13/h1-4,9H,5-8,10-11H2,(H,20,23)(H,21,22). The molecule has 0 radical (unpaired) electrons. The zero-order valence-corrected chi connectivity index (χ0v) is 13.3. The minimum Gasteiger partial charge on any atom is -0.381 e. The Morgan fingerprint density at radius 2 is 2.08 bits per heavy atom. The monoisotopic (exact) mass is 325 g/mol. The Hall–Kier alpha value is -2.65. The highest BCUT2D eigenvalue weighted by Gasteiger charge is 2.34. The molecule has 1 aliphatic heterocycles. The van der Waals surface area contributed by atoms with Gasteiger partial charge in [0.25, 0.3) is 0 Å². The van der Waals surface area contributed by atoms with E-state index in [-0.39, 0.29) is 24.3 Å². The molecule has 0 atom stereocenters. The Morgan fingerprint density at radius 1 is 1.33 bits per heavy atom. The van der Waals surface area contributed by atoms with Gasteiger partial charge in [0, 0.05) is 42.3 Å². The van der Waals surface area contributed by atoms with E-state index < -0.39 is 5.41 Å². The Bertz CT molecular complexity index is 844.